The second-order valence-corrected chi connectivity index (χ2v) is 12.8. The first-order valence-electron chi connectivity index (χ1n) is 11.3. The fourth-order valence-electron chi connectivity index (χ4n) is 4.39. The van der Waals surface area contributed by atoms with Gasteiger partial charge in [-0.1, -0.05) is 10.3 Å². The number of urea groups is 1. The van der Waals surface area contributed by atoms with E-state index in [1.807, 2.05) is 0 Å². The van der Waals surface area contributed by atoms with Gasteiger partial charge in [0.25, 0.3) is 6.43 Å². The van der Waals surface area contributed by atoms with Crippen LogP contribution in [0.15, 0.2) is 27.9 Å². The first kappa shape index (κ1) is 27.4. The minimum absolute atomic E-state index is 0.0245. The third kappa shape index (κ3) is 5.05. The molecule has 0 bridgehead atoms. The van der Waals surface area contributed by atoms with Crippen molar-refractivity contribution in [2.45, 2.75) is 39.5 Å². The lowest BCUT2D eigenvalue weighted by Gasteiger charge is -2.46. The molecule has 1 atom stereocenters. The number of amides is 2. The van der Waals surface area contributed by atoms with Crippen LogP contribution in [0.5, 0.6) is 0 Å². The van der Waals surface area contributed by atoms with Crippen molar-refractivity contribution in [1.82, 2.24) is 19.8 Å². The molecule has 0 aliphatic carbocycles. The van der Waals surface area contributed by atoms with Crippen molar-refractivity contribution in [2.24, 2.45) is 5.92 Å². The van der Waals surface area contributed by atoms with Crippen LogP contribution in [0.1, 0.15) is 25.0 Å². The van der Waals surface area contributed by atoms with Gasteiger partial charge in [-0.15, -0.1) is 0 Å². The average Bonchev–Trinajstić information content (AvgIpc) is 3.42. The van der Waals surface area contributed by atoms with Crippen LogP contribution >= 0.6 is 0 Å². The molecule has 1 fully saturated rings. The van der Waals surface area contributed by atoms with Gasteiger partial charge in [0.15, 0.2) is 5.82 Å². The zero-order chi connectivity index (χ0) is 26.4. The van der Waals surface area contributed by atoms with Gasteiger partial charge in [0.05, 0.1) is 23.5 Å². The molecule has 0 aromatic carbocycles. The number of nitrogens with zero attached hydrogens (tertiary/aromatic N) is 4. The number of hydrogen-bond donors (Lipinski definition) is 1. The van der Waals surface area contributed by atoms with Crippen molar-refractivity contribution in [3.8, 4) is 0 Å². The summed E-state index contributed by atoms with van der Waals surface area (Å²) in [5.74, 6) is -0.822. The predicted molar refractivity (Wildman–Crippen MR) is 140 cm³/mol. The van der Waals surface area contributed by atoms with Crippen LogP contribution in [0.4, 0.5) is 23.8 Å². The maximum Gasteiger partial charge on any atom is 0.323 e. The monoisotopic (exact) mass is 507 g/mol. The molecule has 0 unspecified atom stereocenters. The van der Waals surface area contributed by atoms with Crippen molar-refractivity contribution in [1.29, 1.82) is 0 Å². The molecule has 2 amide bonds. The fraction of sp³-hybridized carbons (Fsp3) is 0.562. The molecule has 2 aromatic heterocycles. The van der Waals surface area contributed by atoms with E-state index in [-0.39, 0.29) is 31.7 Å². The number of anilines is 1. The van der Waals surface area contributed by atoms with E-state index in [2.05, 4.69) is 20.1 Å². The highest BCUT2D eigenvalue weighted by Gasteiger charge is 2.60. The predicted octanol–water partition coefficient (Wildman–Crippen LogP) is -3.37. The number of nitrogens with one attached hydrogen (secondary N) is 1. The van der Waals surface area contributed by atoms with Crippen molar-refractivity contribution < 1.29 is 30.9 Å². The van der Waals surface area contributed by atoms with E-state index in [4.69, 9.17) is 0 Å². The lowest BCUT2D eigenvalue weighted by molar-refractivity contribution is 0.105. The Morgan fingerprint density at radius 1 is 1.17 bits per heavy atom. The van der Waals surface area contributed by atoms with Gasteiger partial charge < -0.3 is 9.42 Å². The SMILES string of the molecule is BC(B)(B)n1cc(S(=O)(=O)[C@](F)(C2CCN(C(=O)Nc3ccon3)CC2)C(B)(B)B)c(C(F)F)n1. The number of alkyl halides is 3. The summed E-state index contributed by atoms with van der Waals surface area (Å²) in [6, 6.07) is 0.980. The Labute approximate surface area is 207 Å². The molecule has 2 aromatic rings. The van der Waals surface area contributed by atoms with Crippen LogP contribution in [-0.4, -0.2) is 99.5 Å². The second-order valence-electron chi connectivity index (χ2n) is 10.8. The van der Waals surface area contributed by atoms with Gasteiger partial charge in [0.2, 0.25) is 14.8 Å². The summed E-state index contributed by atoms with van der Waals surface area (Å²) in [4.78, 5) is 13.1. The molecular weight excluding hydrogens is 480 g/mol. The zero-order valence-electron chi connectivity index (χ0n) is 20.7. The molecule has 1 aliphatic rings. The number of aromatic nitrogens is 3. The second kappa shape index (κ2) is 9.36. The first-order chi connectivity index (χ1) is 16.0. The van der Waals surface area contributed by atoms with Gasteiger partial charge in [-0.05, 0) is 18.1 Å². The van der Waals surface area contributed by atoms with E-state index in [9.17, 15) is 22.0 Å². The minimum atomic E-state index is -4.92. The maximum absolute atomic E-state index is 17.0. The first-order valence-corrected chi connectivity index (χ1v) is 12.8. The Bertz CT molecular complexity index is 1160. The van der Waals surface area contributed by atoms with Crippen molar-refractivity contribution in [3.63, 3.8) is 0 Å². The molecule has 184 valence electrons. The Morgan fingerprint density at radius 3 is 2.23 bits per heavy atom. The van der Waals surface area contributed by atoms with Gasteiger partial charge in [-0.3, -0.25) is 10.00 Å². The summed E-state index contributed by atoms with van der Waals surface area (Å²) >= 11 is 0. The molecule has 0 radical (unpaired) electrons. The summed E-state index contributed by atoms with van der Waals surface area (Å²) < 4.78 is 78.2. The van der Waals surface area contributed by atoms with Crippen LogP contribution in [0.25, 0.3) is 0 Å². The summed E-state index contributed by atoms with van der Waals surface area (Å²) in [6.45, 7) is 0.156. The molecular formula is C16H26B6F3N5O4S. The molecule has 19 heteroatoms. The zero-order valence-corrected chi connectivity index (χ0v) is 21.5. The number of hydrogen-bond acceptors (Lipinski definition) is 6. The summed E-state index contributed by atoms with van der Waals surface area (Å²) in [7, 11) is 4.42. The maximum atomic E-state index is 17.0. The minimum Gasteiger partial charge on any atom is -0.363 e. The molecule has 9 nitrogen and oxygen atoms in total. The van der Waals surface area contributed by atoms with E-state index in [1.165, 1.54) is 40.8 Å². The molecule has 3 heterocycles. The van der Waals surface area contributed by atoms with Crippen LogP contribution in [0.3, 0.4) is 0 Å². The number of rotatable bonds is 7. The largest absolute Gasteiger partial charge is 0.363 e. The summed E-state index contributed by atoms with van der Waals surface area (Å²) in [5.41, 5.74) is -0.962. The normalized spacial score (nSPS) is 17.9. The smallest absolute Gasteiger partial charge is 0.323 e. The Hall–Kier alpha value is -2.18. The van der Waals surface area contributed by atoms with Crippen LogP contribution in [0, 0.1) is 5.92 Å². The highest BCUT2D eigenvalue weighted by Crippen LogP contribution is 2.51. The summed E-state index contributed by atoms with van der Waals surface area (Å²) in [5, 5.41) is 4.82. The quantitative estimate of drug-likeness (QED) is 0.393. The Kier molecular flexibility index (Phi) is 7.33. The van der Waals surface area contributed by atoms with Gasteiger partial charge in [-0.25, -0.2) is 26.4 Å². The van der Waals surface area contributed by atoms with Crippen LogP contribution in [0.2, 0.25) is 5.11 Å². The topological polar surface area (TPSA) is 110 Å². The van der Waals surface area contributed by atoms with E-state index < -0.39 is 54.2 Å². The molecule has 0 spiro atoms. The highest BCUT2D eigenvalue weighted by molar-refractivity contribution is 7.93. The number of carbonyl (C=O) groups is 1. The summed E-state index contributed by atoms with van der Waals surface area (Å²) in [6.07, 6.45) is -0.858. The van der Waals surface area contributed by atoms with E-state index in [1.54, 1.807) is 23.5 Å². The lowest BCUT2D eigenvalue weighted by atomic mass is 9.38. The van der Waals surface area contributed by atoms with Gasteiger partial charge in [-0.2, -0.15) is 5.10 Å². The average molecular weight is 506 g/mol. The number of piperidine rings is 1. The molecule has 1 aliphatic heterocycles. The molecule has 35 heavy (non-hydrogen) atoms. The number of likely N-dealkylation sites (tertiary alicyclic amines) is 1. The van der Waals surface area contributed by atoms with Gasteiger partial charge >= 0.3 is 6.03 Å². The molecule has 0 saturated carbocycles. The molecule has 3 rings (SSSR count). The number of halogens is 3. The third-order valence-corrected chi connectivity index (χ3v) is 8.91. The fourth-order valence-corrected chi connectivity index (χ4v) is 6.83. The molecule has 1 saturated heterocycles. The Morgan fingerprint density at radius 2 is 1.77 bits per heavy atom. The van der Waals surface area contributed by atoms with Crippen LogP contribution < -0.4 is 5.32 Å². The van der Waals surface area contributed by atoms with E-state index in [0.717, 1.165) is 10.9 Å². The van der Waals surface area contributed by atoms with Crippen LogP contribution in [-0.2, 0) is 15.1 Å². The number of carbonyl (C=O) groups excluding carboxylic acids is 1. The standard InChI is InChI=1S/C16H26B6F3N5O4S/c17-15(18,19)14(25,8-1-4-29(5-2-8)13(31)26-10-3-6-34-28-10)35(32,33)9-7-30(16(20,21)22)27-11(9)12(23)24/h3,6-8,12H,1-2,4-5,17-22H2,(H,26,28,31)/t14-/m1/s1. The van der Waals surface area contributed by atoms with E-state index in [0.29, 0.717) is 0 Å². The Balaban J connectivity index is 1.94. The third-order valence-electron chi connectivity index (χ3n) is 6.28. The molecule has 1 N–H and O–H groups in total. The van der Waals surface area contributed by atoms with Gasteiger partial charge in [0, 0.05) is 31.3 Å². The lowest BCUT2D eigenvalue weighted by Crippen LogP contribution is -2.56. The van der Waals surface area contributed by atoms with Gasteiger partial charge in [0.1, 0.15) is 40.4 Å². The number of sulfone groups is 1. The van der Waals surface area contributed by atoms with Crippen molar-refractivity contribution in [2.75, 3.05) is 18.4 Å². The van der Waals surface area contributed by atoms with E-state index >= 15 is 4.39 Å². The highest BCUT2D eigenvalue weighted by atomic mass is 32.2. The van der Waals surface area contributed by atoms with Crippen molar-refractivity contribution in [3.05, 3.63) is 24.2 Å². The van der Waals surface area contributed by atoms with Crippen molar-refractivity contribution >= 4 is 68.8 Å².